The number of hydrogen-bond acceptors (Lipinski definition) is 3. The Hall–Kier alpha value is -1.09. The molecule has 0 aromatic carbocycles. The highest BCUT2D eigenvalue weighted by Crippen LogP contribution is 2.28. The van der Waals surface area contributed by atoms with Gasteiger partial charge in [-0.15, -0.1) is 0 Å². The van der Waals surface area contributed by atoms with Crippen molar-refractivity contribution in [1.82, 2.24) is 4.98 Å². The van der Waals surface area contributed by atoms with Gasteiger partial charge in [-0.3, -0.25) is 0 Å². The highest BCUT2D eigenvalue weighted by molar-refractivity contribution is 5.49. The summed E-state index contributed by atoms with van der Waals surface area (Å²) in [7, 11) is 0. The van der Waals surface area contributed by atoms with E-state index >= 15 is 0 Å². The van der Waals surface area contributed by atoms with Gasteiger partial charge in [-0.2, -0.15) is 0 Å². The van der Waals surface area contributed by atoms with E-state index in [4.69, 9.17) is 5.73 Å². The molecule has 0 aliphatic carbocycles. The quantitative estimate of drug-likeness (QED) is 0.889. The van der Waals surface area contributed by atoms with Gasteiger partial charge >= 0.3 is 0 Å². The first-order chi connectivity index (χ1) is 8.61. The average Bonchev–Trinajstić information content (AvgIpc) is 2.76. The third kappa shape index (κ3) is 2.83. The molecule has 2 unspecified atom stereocenters. The first kappa shape index (κ1) is 13.3. The Bertz CT molecular complexity index is 401. The molecule has 0 radical (unpaired) electrons. The molecule has 1 aromatic rings. The van der Waals surface area contributed by atoms with Crippen LogP contribution in [0.15, 0.2) is 12.3 Å². The van der Waals surface area contributed by atoms with E-state index in [1.165, 1.54) is 36.2 Å². The third-order valence-electron chi connectivity index (χ3n) is 3.79. The van der Waals surface area contributed by atoms with Crippen LogP contribution in [-0.4, -0.2) is 23.6 Å². The van der Waals surface area contributed by atoms with E-state index in [0.29, 0.717) is 6.04 Å². The Morgan fingerprint density at radius 2 is 2.33 bits per heavy atom. The highest BCUT2D eigenvalue weighted by atomic mass is 15.2. The lowest BCUT2D eigenvalue weighted by molar-refractivity contribution is 0.638. The molecule has 1 fully saturated rings. The van der Waals surface area contributed by atoms with Crippen LogP contribution in [-0.2, 0) is 6.42 Å². The lowest BCUT2D eigenvalue weighted by Gasteiger charge is -2.26. The third-order valence-corrected chi connectivity index (χ3v) is 3.79. The summed E-state index contributed by atoms with van der Waals surface area (Å²) in [5.41, 5.74) is 8.37. The molecule has 2 N–H and O–H groups in total. The van der Waals surface area contributed by atoms with E-state index < -0.39 is 0 Å². The lowest BCUT2D eigenvalue weighted by atomic mass is 10.1. The average molecular weight is 247 g/mol. The molecule has 1 saturated heterocycles. The monoisotopic (exact) mass is 247 g/mol. The largest absolute Gasteiger partial charge is 0.353 e. The fourth-order valence-corrected chi connectivity index (χ4v) is 2.95. The molecule has 2 rings (SSSR count). The van der Waals surface area contributed by atoms with Crippen molar-refractivity contribution in [3.63, 3.8) is 0 Å². The normalized spacial score (nSPS) is 21.3. The maximum absolute atomic E-state index is 5.84. The Labute approximate surface area is 110 Å². The smallest absolute Gasteiger partial charge is 0.131 e. The van der Waals surface area contributed by atoms with E-state index in [2.05, 4.69) is 29.8 Å². The molecule has 3 nitrogen and oxygen atoms in total. The number of rotatable bonds is 4. The predicted octanol–water partition coefficient (Wildman–Crippen LogP) is 2.66. The van der Waals surface area contributed by atoms with Crippen LogP contribution in [0, 0.1) is 6.92 Å². The summed E-state index contributed by atoms with van der Waals surface area (Å²) in [5.74, 6) is 1.17. The molecule has 0 bridgehead atoms. The van der Waals surface area contributed by atoms with Crippen molar-refractivity contribution >= 4 is 5.82 Å². The Balaban J connectivity index is 2.19. The van der Waals surface area contributed by atoms with Crippen LogP contribution in [0.2, 0.25) is 0 Å². The predicted molar refractivity (Wildman–Crippen MR) is 77.0 cm³/mol. The Morgan fingerprint density at radius 1 is 1.56 bits per heavy atom. The SMILES string of the molecule is CCC1CCCN1c1ncc(CC(C)N)cc1C. The number of pyridine rings is 1. The molecule has 1 aliphatic rings. The van der Waals surface area contributed by atoms with E-state index in [9.17, 15) is 0 Å². The van der Waals surface area contributed by atoms with E-state index in [1.54, 1.807) is 0 Å². The van der Waals surface area contributed by atoms with Gasteiger partial charge in [-0.25, -0.2) is 4.98 Å². The second-order valence-electron chi connectivity index (χ2n) is 5.56. The maximum atomic E-state index is 5.84. The molecule has 3 heteroatoms. The fourth-order valence-electron chi connectivity index (χ4n) is 2.95. The van der Waals surface area contributed by atoms with Crippen molar-refractivity contribution in [3.05, 3.63) is 23.4 Å². The van der Waals surface area contributed by atoms with Crippen LogP contribution in [0.5, 0.6) is 0 Å². The minimum Gasteiger partial charge on any atom is -0.353 e. The summed E-state index contributed by atoms with van der Waals surface area (Å²) in [6.45, 7) is 7.62. The molecule has 100 valence electrons. The van der Waals surface area contributed by atoms with Crippen molar-refractivity contribution in [2.24, 2.45) is 5.73 Å². The number of aryl methyl sites for hydroxylation is 1. The topological polar surface area (TPSA) is 42.2 Å². The van der Waals surface area contributed by atoms with Gasteiger partial charge in [0.05, 0.1) is 0 Å². The second kappa shape index (κ2) is 5.70. The van der Waals surface area contributed by atoms with Crippen LogP contribution < -0.4 is 10.6 Å². The Morgan fingerprint density at radius 3 is 2.94 bits per heavy atom. The van der Waals surface area contributed by atoms with Gasteiger partial charge in [0, 0.05) is 24.8 Å². The molecule has 0 spiro atoms. The lowest BCUT2D eigenvalue weighted by Crippen LogP contribution is -2.30. The zero-order valence-electron chi connectivity index (χ0n) is 11.8. The maximum Gasteiger partial charge on any atom is 0.131 e. The molecular formula is C15H25N3. The van der Waals surface area contributed by atoms with Crippen molar-refractivity contribution in [2.75, 3.05) is 11.4 Å². The van der Waals surface area contributed by atoms with Crippen molar-refractivity contribution in [1.29, 1.82) is 0 Å². The van der Waals surface area contributed by atoms with Gasteiger partial charge in [-0.05, 0) is 50.7 Å². The summed E-state index contributed by atoms with van der Waals surface area (Å²) in [6.07, 6.45) is 6.71. The molecule has 18 heavy (non-hydrogen) atoms. The van der Waals surface area contributed by atoms with Crippen LogP contribution in [0.3, 0.4) is 0 Å². The van der Waals surface area contributed by atoms with Gasteiger partial charge in [0.2, 0.25) is 0 Å². The minimum absolute atomic E-state index is 0.201. The highest BCUT2D eigenvalue weighted by Gasteiger charge is 2.25. The van der Waals surface area contributed by atoms with E-state index in [1.807, 2.05) is 13.1 Å². The second-order valence-corrected chi connectivity index (χ2v) is 5.56. The number of anilines is 1. The van der Waals surface area contributed by atoms with Gasteiger partial charge in [0.25, 0.3) is 0 Å². The Kier molecular flexibility index (Phi) is 4.23. The van der Waals surface area contributed by atoms with Crippen molar-refractivity contribution in [2.45, 2.75) is 58.5 Å². The van der Waals surface area contributed by atoms with Crippen LogP contribution in [0.1, 0.15) is 44.2 Å². The molecule has 2 heterocycles. The van der Waals surface area contributed by atoms with Gasteiger partial charge in [0.15, 0.2) is 0 Å². The molecule has 1 aromatic heterocycles. The minimum atomic E-state index is 0.201. The van der Waals surface area contributed by atoms with Gasteiger partial charge < -0.3 is 10.6 Å². The van der Waals surface area contributed by atoms with Crippen molar-refractivity contribution < 1.29 is 0 Å². The standard InChI is InChI=1S/C15H25N3/c1-4-14-6-5-7-18(14)15-11(2)8-13(10-17-15)9-12(3)16/h8,10,12,14H,4-7,9,16H2,1-3H3. The molecular weight excluding hydrogens is 222 g/mol. The van der Waals surface area contributed by atoms with Gasteiger partial charge in [0.1, 0.15) is 5.82 Å². The molecule has 1 aliphatic heterocycles. The van der Waals surface area contributed by atoms with Crippen molar-refractivity contribution in [3.8, 4) is 0 Å². The molecule has 0 saturated carbocycles. The zero-order valence-corrected chi connectivity index (χ0v) is 11.8. The first-order valence-electron chi connectivity index (χ1n) is 7.09. The summed E-state index contributed by atoms with van der Waals surface area (Å²) in [4.78, 5) is 7.16. The summed E-state index contributed by atoms with van der Waals surface area (Å²) in [6, 6.07) is 3.12. The number of hydrogen-bond donors (Lipinski definition) is 1. The van der Waals surface area contributed by atoms with E-state index in [-0.39, 0.29) is 6.04 Å². The summed E-state index contributed by atoms with van der Waals surface area (Å²) in [5, 5.41) is 0. The first-order valence-corrected chi connectivity index (χ1v) is 7.09. The zero-order chi connectivity index (χ0) is 13.1. The molecule has 0 amide bonds. The fraction of sp³-hybridized carbons (Fsp3) is 0.667. The number of nitrogens with two attached hydrogens (primary N) is 1. The van der Waals surface area contributed by atoms with E-state index in [0.717, 1.165) is 13.0 Å². The summed E-state index contributed by atoms with van der Waals surface area (Å²) < 4.78 is 0. The molecule has 2 atom stereocenters. The van der Waals surface area contributed by atoms with Gasteiger partial charge in [-0.1, -0.05) is 13.0 Å². The van der Waals surface area contributed by atoms with Crippen LogP contribution in [0.4, 0.5) is 5.82 Å². The van der Waals surface area contributed by atoms with Crippen LogP contribution >= 0.6 is 0 Å². The number of aromatic nitrogens is 1. The van der Waals surface area contributed by atoms with Crippen LogP contribution in [0.25, 0.3) is 0 Å². The summed E-state index contributed by atoms with van der Waals surface area (Å²) >= 11 is 0. The number of nitrogens with zero attached hydrogens (tertiary/aromatic N) is 2.